The van der Waals surface area contributed by atoms with E-state index in [1.807, 2.05) is 0 Å². The molecule has 0 unspecified atom stereocenters. The zero-order valence-corrected chi connectivity index (χ0v) is 11.1. The smallest absolute Gasteiger partial charge is 0.335 e. The molecule has 1 N–H and O–H groups in total. The molecule has 1 heterocycles. The standard InChI is InChI=1S/C11H10FN3O4S/c1-15-10(13-6-14-15)5-20(18,19)9-3-2-7(11(16)17)4-8(9)12/h2-4,6H,5H2,1H3,(H,16,17). The SMILES string of the molecule is Cn1ncnc1CS(=O)(=O)c1ccc(C(=O)O)cc1F. The number of nitrogens with zero attached hydrogens (tertiary/aromatic N) is 3. The Labute approximate surface area is 113 Å². The van der Waals surface area contributed by atoms with Gasteiger partial charge in [-0.2, -0.15) is 5.10 Å². The van der Waals surface area contributed by atoms with E-state index >= 15 is 0 Å². The van der Waals surface area contributed by atoms with Crippen LogP contribution in [-0.2, 0) is 22.6 Å². The van der Waals surface area contributed by atoms with E-state index in [1.165, 1.54) is 18.1 Å². The maximum absolute atomic E-state index is 13.7. The van der Waals surface area contributed by atoms with Crippen LogP contribution in [0.5, 0.6) is 0 Å². The van der Waals surface area contributed by atoms with Crippen molar-refractivity contribution in [2.45, 2.75) is 10.6 Å². The second kappa shape index (κ2) is 5.00. The highest BCUT2D eigenvalue weighted by atomic mass is 32.2. The lowest BCUT2D eigenvalue weighted by Crippen LogP contribution is -2.12. The fourth-order valence-electron chi connectivity index (χ4n) is 1.58. The van der Waals surface area contributed by atoms with Gasteiger partial charge in [0.05, 0.1) is 5.56 Å². The summed E-state index contributed by atoms with van der Waals surface area (Å²) in [5.74, 6) is -2.80. The molecule has 106 valence electrons. The fraction of sp³-hybridized carbons (Fsp3) is 0.182. The minimum Gasteiger partial charge on any atom is -0.478 e. The first-order valence-corrected chi connectivity index (χ1v) is 7.05. The van der Waals surface area contributed by atoms with Crippen LogP contribution >= 0.6 is 0 Å². The van der Waals surface area contributed by atoms with Crippen molar-refractivity contribution in [3.8, 4) is 0 Å². The highest BCUT2D eigenvalue weighted by Gasteiger charge is 2.23. The lowest BCUT2D eigenvalue weighted by atomic mass is 10.2. The molecule has 0 aliphatic heterocycles. The molecule has 2 aromatic rings. The van der Waals surface area contributed by atoms with Crippen molar-refractivity contribution in [1.82, 2.24) is 14.8 Å². The number of rotatable bonds is 4. The predicted molar refractivity (Wildman–Crippen MR) is 65.3 cm³/mol. The van der Waals surface area contributed by atoms with Crippen LogP contribution in [0.15, 0.2) is 29.4 Å². The Morgan fingerprint density at radius 2 is 2.15 bits per heavy atom. The monoisotopic (exact) mass is 299 g/mol. The lowest BCUT2D eigenvalue weighted by Gasteiger charge is -2.06. The first-order valence-electron chi connectivity index (χ1n) is 5.40. The van der Waals surface area contributed by atoms with Gasteiger partial charge in [0.2, 0.25) is 0 Å². The van der Waals surface area contributed by atoms with Crippen molar-refractivity contribution in [2.75, 3.05) is 0 Å². The van der Waals surface area contributed by atoms with E-state index in [4.69, 9.17) is 5.11 Å². The minimum absolute atomic E-state index is 0.159. The summed E-state index contributed by atoms with van der Waals surface area (Å²) in [5.41, 5.74) is -0.319. The Balaban J connectivity index is 2.40. The summed E-state index contributed by atoms with van der Waals surface area (Å²) in [7, 11) is -2.45. The molecule has 0 fully saturated rings. The molecule has 0 aliphatic rings. The number of carboxylic acids is 1. The van der Waals surface area contributed by atoms with Gasteiger partial charge in [-0.25, -0.2) is 22.6 Å². The molecule has 1 aromatic carbocycles. The van der Waals surface area contributed by atoms with E-state index < -0.39 is 32.3 Å². The van der Waals surface area contributed by atoms with Crippen molar-refractivity contribution in [3.05, 3.63) is 41.7 Å². The van der Waals surface area contributed by atoms with Gasteiger partial charge in [0.1, 0.15) is 28.6 Å². The summed E-state index contributed by atoms with van der Waals surface area (Å²) < 4.78 is 39.2. The van der Waals surface area contributed by atoms with E-state index in [9.17, 15) is 17.6 Å². The lowest BCUT2D eigenvalue weighted by molar-refractivity contribution is 0.0696. The van der Waals surface area contributed by atoms with Crippen LogP contribution in [-0.4, -0.2) is 34.3 Å². The number of aromatic nitrogens is 3. The molecular formula is C11H10FN3O4S. The average molecular weight is 299 g/mol. The Morgan fingerprint density at radius 3 is 2.65 bits per heavy atom. The Bertz CT molecular complexity index is 770. The van der Waals surface area contributed by atoms with Gasteiger partial charge in [-0.15, -0.1) is 0 Å². The number of halogens is 1. The number of aryl methyl sites for hydroxylation is 1. The molecule has 0 bridgehead atoms. The summed E-state index contributed by atoms with van der Waals surface area (Å²) in [6, 6.07) is 2.64. The molecule has 0 atom stereocenters. The third-order valence-electron chi connectivity index (χ3n) is 2.64. The van der Waals surface area contributed by atoms with Gasteiger partial charge in [0, 0.05) is 7.05 Å². The first kappa shape index (κ1) is 14.1. The minimum atomic E-state index is -3.97. The Hall–Kier alpha value is -2.29. The van der Waals surface area contributed by atoms with Gasteiger partial charge in [0.25, 0.3) is 0 Å². The van der Waals surface area contributed by atoms with Crippen LogP contribution in [0.25, 0.3) is 0 Å². The van der Waals surface area contributed by atoms with Crippen LogP contribution < -0.4 is 0 Å². The van der Waals surface area contributed by atoms with E-state index in [0.29, 0.717) is 6.07 Å². The van der Waals surface area contributed by atoms with Crippen LogP contribution in [0.3, 0.4) is 0 Å². The van der Waals surface area contributed by atoms with Crippen LogP contribution in [0, 0.1) is 5.82 Å². The second-order valence-electron chi connectivity index (χ2n) is 4.01. The van der Waals surface area contributed by atoms with Gasteiger partial charge in [-0.05, 0) is 18.2 Å². The van der Waals surface area contributed by atoms with Gasteiger partial charge >= 0.3 is 5.97 Å². The average Bonchev–Trinajstić information content (AvgIpc) is 2.73. The maximum Gasteiger partial charge on any atom is 0.335 e. The highest BCUT2D eigenvalue weighted by molar-refractivity contribution is 7.90. The van der Waals surface area contributed by atoms with Gasteiger partial charge in [-0.1, -0.05) is 0 Å². The maximum atomic E-state index is 13.7. The summed E-state index contributed by atoms with van der Waals surface area (Å²) >= 11 is 0. The Kier molecular flexibility index (Phi) is 3.53. The molecule has 0 saturated heterocycles. The van der Waals surface area contributed by atoms with Crippen LogP contribution in [0.4, 0.5) is 4.39 Å². The summed E-state index contributed by atoms with van der Waals surface area (Å²) in [6.07, 6.45) is 1.19. The van der Waals surface area contributed by atoms with Crippen molar-refractivity contribution < 1.29 is 22.7 Å². The van der Waals surface area contributed by atoms with Crippen LogP contribution in [0.2, 0.25) is 0 Å². The first-order chi connectivity index (χ1) is 9.31. The third-order valence-corrected chi connectivity index (χ3v) is 4.28. The Morgan fingerprint density at radius 1 is 1.45 bits per heavy atom. The van der Waals surface area contributed by atoms with E-state index in [0.717, 1.165) is 12.1 Å². The molecule has 0 saturated carbocycles. The number of carboxylic acid groups (broad SMARTS) is 1. The third kappa shape index (κ3) is 2.67. The zero-order chi connectivity index (χ0) is 14.9. The van der Waals surface area contributed by atoms with Crippen molar-refractivity contribution >= 4 is 15.8 Å². The summed E-state index contributed by atoms with van der Waals surface area (Å²) in [4.78, 5) is 13.9. The summed E-state index contributed by atoms with van der Waals surface area (Å²) in [5, 5.41) is 12.4. The molecule has 20 heavy (non-hydrogen) atoms. The zero-order valence-electron chi connectivity index (χ0n) is 10.3. The van der Waals surface area contributed by atoms with Gasteiger partial charge < -0.3 is 5.11 Å². The van der Waals surface area contributed by atoms with E-state index in [1.54, 1.807) is 0 Å². The molecular weight excluding hydrogens is 289 g/mol. The van der Waals surface area contributed by atoms with Crippen molar-refractivity contribution in [1.29, 1.82) is 0 Å². The molecule has 0 aliphatic carbocycles. The molecule has 7 nitrogen and oxygen atoms in total. The molecule has 2 rings (SSSR count). The van der Waals surface area contributed by atoms with Gasteiger partial charge in [0.15, 0.2) is 9.84 Å². The topological polar surface area (TPSA) is 102 Å². The normalized spacial score (nSPS) is 11.5. The predicted octanol–water partition coefficient (Wildman–Crippen LogP) is 0.626. The van der Waals surface area contributed by atoms with E-state index in [2.05, 4.69) is 10.1 Å². The molecule has 0 spiro atoms. The fourth-order valence-corrected chi connectivity index (χ4v) is 2.97. The molecule has 1 aromatic heterocycles. The van der Waals surface area contributed by atoms with Gasteiger partial charge in [-0.3, -0.25) is 4.68 Å². The quantitative estimate of drug-likeness (QED) is 0.888. The van der Waals surface area contributed by atoms with Crippen LogP contribution in [0.1, 0.15) is 16.2 Å². The van der Waals surface area contributed by atoms with Crippen molar-refractivity contribution in [2.24, 2.45) is 7.05 Å². The van der Waals surface area contributed by atoms with Crippen molar-refractivity contribution in [3.63, 3.8) is 0 Å². The number of hydrogen-bond donors (Lipinski definition) is 1. The highest BCUT2D eigenvalue weighted by Crippen LogP contribution is 2.20. The molecule has 0 amide bonds. The second-order valence-corrected chi connectivity index (χ2v) is 5.97. The number of aromatic carboxylic acids is 1. The number of benzene rings is 1. The number of carbonyl (C=O) groups is 1. The molecule has 9 heteroatoms. The largest absolute Gasteiger partial charge is 0.478 e. The number of sulfone groups is 1. The summed E-state index contributed by atoms with van der Waals surface area (Å²) in [6.45, 7) is 0. The molecule has 0 radical (unpaired) electrons. The van der Waals surface area contributed by atoms with E-state index in [-0.39, 0.29) is 11.4 Å². The number of hydrogen-bond acceptors (Lipinski definition) is 5.